The first-order valence-electron chi connectivity index (χ1n) is 6.83. The van der Waals surface area contributed by atoms with Crippen LogP contribution in [0.15, 0.2) is 35.7 Å². The van der Waals surface area contributed by atoms with Gasteiger partial charge in [-0.15, -0.1) is 11.3 Å². The first-order valence-corrected chi connectivity index (χ1v) is 7.71. The Hall–Kier alpha value is -1.39. The highest BCUT2D eigenvalue weighted by Gasteiger charge is 2.14. The molecule has 0 aliphatic carbocycles. The van der Waals surface area contributed by atoms with Crippen molar-refractivity contribution in [2.75, 3.05) is 13.7 Å². The van der Waals surface area contributed by atoms with E-state index in [0.717, 1.165) is 24.9 Å². The Bertz CT molecular complexity index is 527. The van der Waals surface area contributed by atoms with Crippen LogP contribution in [0.25, 0.3) is 0 Å². The first kappa shape index (κ1) is 15.0. The molecule has 0 saturated carbocycles. The van der Waals surface area contributed by atoms with Crippen molar-refractivity contribution >= 4 is 11.3 Å². The smallest absolute Gasteiger partial charge is 0.165 e. The summed E-state index contributed by atoms with van der Waals surface area (Å²) in [6.07, 6.45) is 1.93. The second-order valence-electron chi connectivity index (χ2n) is 4.68. The highest BCUT2D eigenvalue weighted by molar-refractivity contribution is 7.09. The van der Waals surface area contributed by atoms with Crippen molar-refractivity contribution in [2.24, 2.45) is 0 Å². The molecule has 0 aliphatic heterocycles. The van der Waals surface area contributed by atoms with E-state index in [4.69, 9.17) is 4.74 Å². The fourth-order valence-corrected chi connectivity index (χ4v) is 2.91. The standard InChI is InChI=1S/C16H20FNOS/c1-3-8-18-15(11-13-5-4-9-20-13)12-6-7-16(19-2)14(17)10-12/h4-7,9-10,15,18H,3,8,11H2,1-2H3. The highest BCUT2D eigenvalue weighted by atomic mass is 32.1. The average Bonchev–Trinajstić information content (AvgIpc) is 2.96. The number of thiophene rings is 1. The van der Waals surface area contributed by atoms with Gasteiger partial charge in [0.2, 0.25) is 0 Å². The number of hydrogen-bond donors (Lipinski definition) is 1. The van der Waals surface area contributed by atoms with Crippen LogP contribution in [-0.4, -0.2) is 13.7 Å². The maximum absolute atomic E-state index is 13.9. The minimum absolute atomic E-state index is 0.133. The minimum Gasteiger partial charge on any atom is -0.494 e. The lowest BCUT2D eigenvalue weighted by Gasteiger charge is -2.19. The van der Waals surface area contributed by atoms with Gasteiger partial charge >= 0.3 is 0 Å². The molecular weight excluding hydrogens is 273 g/mol. The van der Waals surface area contributed by atoms with Gasteiger partial charge in [-0.3, -0.25) is 0 Å². The summed E-state index contributed by atoms with van der Waals surface area (Å²) >= 11 is 1.73. The van der Waals surface area contributed by atoms with E-state index in [0.29, 0.717) is 5.75 Å². The van der Waals surface area contributed by atoms with E-state index in [-0.39, 0.29) is 11.9 Å². The van der Waals surface area contributed by atoms with Crippen molar-refractivity contribution in [1.29, 1.82) is 0 Å². The van der Waals surface area contributed by atoms with Crippen molar-refractivity contribution in [2.45, 2.75) is 25.8 Å². The molecule has 2 nitrogen and oxygen atoms in total. The quantitative estimate of drug-likeness (QED) is 0.827. The van der Waals surface area contributed by atoms with Crippen LogP contribution >= 0.6 is 11.3 Å². The molecule has 2 rings (SSSR count). The average molecular weight is 293 g/mol. The molecule has 0 aliphatic rings. The predicted octanol–water partition coefficient (Wildman–Crippen LogP) is 4.18. The van der Waals surface area contributed by atoms with Gasteiger partial charge in [0.1, 0.15) is 0 Å². The topological polar surface area (TPSA) is 21.3 Å². The number of nitrogens with one attached hydrogen (secondary N) is 1. The fraction of sp³-hybridized carbons (Fsp3) is 0.375. The Morgan fingerprint density at radius 3 is 2.80 bits per heavy atom. The third-order valence-corrected chi connectivity index (χ3v) is 4.10. The molecular formula is C16H20FNOS. The Labute approximate surface area is 123 Å². The zero-order valence-electron chi connectivity index (χ0n) is 11.9. The van der Waals surface area contributed by atoms with E-state index in [1.165, 1.54) is 12.0 Å². The molecule has 4 heteroatoms. The Balaban J connectivity index is 2.18. The van der Waals surface area contributed by atoms with E-state index in [9.17, 15) is 4.39 Å². The molecule has 1 N–H and O–H groups in total. The molecule has 20 heavy (non-hydrogen) atoms. The van der Waals surface area contributed by atoms with Gasteiger partial charge in [0.25, 0.3) is 0 Å². The van der Waals surface area contributed by atoms with Gasteiger partial charge in [0.15, 0.2) is 11.6 Å². The molecule has 1 aromatic heterocycles. The van der Waals surface area contributed by atoms with Crippen LogP contribution < -0.4 is 10.1 Å². The number of benzene rings is 1. The van der Waals surface area contributed by atoms with Gasteiger partial charge < -0.3 is 10.1 Å². The van der Waals surface area contributed by atoms with Crippen LogP contribution in [0.2, 0.25) is 0 Å². The molecule has 108 valence electrons. The lowest BCUT2D eigenvalue weighted by molar-refractivity contribution is 0.385. The molecule has 1 aromatic carbocycles. The monoisotopic (exact) mass is 293 g/mol. The maximum atomic E-state index is 13.9. The van der Waals surface area contributed by atoms with Crippen molar-refractivity contribution < 1.29 is 9.13 Å². The van der Waals surface area contributed by atoms with E-state index < -0.39 is 0 Å². The Kier molecular flexibility index (Phi) is 5.56. The number of hydrogen-bond acceptors (Lipinski definition) is 3. The van der Waals surface area contributed by atoms with Crippen molar-refractivity contribution in [3.05, 3.63) is 52.0 Å². The molecule has 1 unspecified atom stereocenters. The summed E-state index contributed by atoms with van der Waals surface area (Å²) in [6, 6.07) is 9.49. The van der Waals surface area contributed by atoms with Crippen LogP contribution in [0.3, 0.4) is 0 Å². The second kappa shape index (κ2) is 7.41. The number of rotatable bonds is 7. The second-order valence-corrected chi connectivity index (χ2v) is 5.72. The van der Waals surface area contributed by atoms with Crippen LogP contribution in [0, 0.1) is 5.82 Å². The summed E-state index contributed by atoms with van der Waals surface area (Å²) in [6.45, 7) is 3.05. The molecule has 1 heterocycles. The van der Waals surface area contributed by atoms with Gasteiger partial charge in [-0.25, -0.2) is 4.39 Å². The van der Waals surface area contributed by atoms with Crippen LogP contribution in [0.5, 0.6) is 5.75 Å². The molecule has 0 saturated heterocycles. The van der Waals surface area contributed by atoms with Crippen LogP contribution in [0.1, 0.15) is 29.8 Å². The molecule has 2 aromatic rings. The predicted molar refractivity (Wildman–Crippen MR) is 82.0 cm³/mol. The minimum atomic E-state index is -0.306. The van der Waals surface area contributed by atoms with E-state index >= 15 is 0 Å². The molecule has 0 bridgehead atoms. The maximum Gasteiger partial charge on any atom is 0.165 e. The van der Waals surface area contributed by atoms with E-state index in [1.807, 2.05) is 12.1 Å². The third kappa shape index (κ3) is 3.81. The zero-order chi connectivity index (χ0) is 14.4. The van der Waals surface area contributed by atoms with Crippen LogP contribution in [0.4, 0.5) is 4.39 Å². The lowest BCUT2D eigenvalue weighted by atomic mass is 10.0. The Morgan fingerprint density at radius 1 is 1.35 bits per heavy atom. The SMILES string of the molecule is CCCNC(Cc1cccs1)c1ccc(OC)c(F)c1. The number of ether oxygens (including phenoxy) is 1. The number of methoxy groups -OCH3 is 1. The van der Waals surface area contributed by atoms with Gasteiger partial charge in [-0.2, -0.15) is 0 Å². The van der Waals surface area contributed by atoms with Crippen molar-refractivity contribution in [3.8, 4) is 5.75 Å². The largest absolute Gasteiger partial charge is 0.494 e. The molecule has 0 amide bonds. The fourth-order valence-electron chi connectivity index (χ4n) is 2.16. The summed E-state index contributed by atoms with van der Waals surface area (Å²) in [4.78, 5) is 1.30. The van der Waals surface area contributed by atoms with Gasteiger partial charge in [-0.05, 0) is 42.1 Å². The van der Waals surface area contributed by atoms with E-state index in [1.54, 1.807) is 23.5 Å². The number of halogens is 1. The van der Waals surface area contributed by atoms with E-state index in [2.05, 4.69) is 23.7 Å². The summed E-state index contributed by atoms with van der Waals surface area (Å²) in [5.74, 6) is -0.0152. The zero-order valence-corrected chi connectivity index (χ0v) is 12.7. The van der Waals surface area contributed by atoms with Gasteiger partial charge in [0, 0.05) is 17.3 Å². The molecule has 0 spiro atoms. The highest BCUT2D eigenvalue weighted by Crippen LogP contribution is 2.25. The summed E-state index contributed by atoms with van der Waals surface area (Å²) in [5.41, 5.74) is 0.963. The first-order chi connectivity index (χ1) is 9.74. The summed E-state index contributed by atoms with van der Waals surface area (Å²) in [7, 11) is 1.48. The molecule has 0 fully saturated rings. The van der Waals surface area contributed by atoms with Gasteiger partial charge in [0.05, 0.1) is 7.11 Å². The van der Waals surface area contributed by atoms with Gasteiger partial charge in [-0.1, -0.05) is 19.1 Å². The van der Waals surface area contributed by atoms with Crippen molar-refractivity contribution in [3.63, 3.8) is 0 Å². The van der Waals surface area contributed by atoms with Crippen molar-refractivity contribution in [1.82, 2.24) is 5.32 Å². The summed E-state index contributed by atoms with van der Waals surface area (Å²) < 4.78 is 18.8. The molecule has 1 atom stereocenters. The Morgan fingerprint density at radius 2 is 2.20 bits per heavy atom. The van der Waals surface area contributed by atoms with Crippen LogP contribution in [-0.2, 0) is 6.42 Å². The third-order valence-electron chi connectivity index (χ3n) is 3.20. The lowest BCUT2D eigenvalue weighted by Crippen LogP contribution is -2.24. The normalized spacial score (nSPS) is 12.3. The summed E-state index contributed by atoms with van der Waals surface area (Å²) in [5, 5.41) is 5.56. The molecule has 0 radical (unpaired) electrons.